The minimum absolute atomic E-state index is 0.242. The van der Waals surface area contributed by atoms with Gasteiger partial charge >= 0.3 is 0 Å². The summed E-state index contributed by atoms with van der Waals surface area (Å²) in [5.74, 6) is 0.510. The molecule has 1 fully saturated rings. The van der Waals surface area contributed by atoms with Crippen molar-refractivity contribution in [3.05, 3.63) is 11.2 Å². The van der Waals surface area contributed by atoms with Crippen molar-refractivity contribution in [1.82, 2.24) is 9.97 Å². The smallest absolute Gasteiger partial charge is 0.242 e. The highest BCUT2D eigenvalue weighted by Crippen LogP contribution is 2.26. The monoisotopic (exact) mass is 285 g/mol. The van der Waals surface area contributed by atoms with Gasteiger partial charge in [0.15, 0.2) is 5.82 Å². The minimum Gasteiger partial charge on any atom is -0.377 e. The highest BCUT2D eigenvalue weighted by Gasteiger charge is 2.30. The molecule has 0 spiro atoms. The molecule has 1 aliphatic heterocycles. The van der Waals surface area contributed by atoms with Gasteiger partial charge in [0.2, 0.25) is 11.9 Å². The Morgan fingerprint density at radius 1 is 1.74 bits per heavy atom. The summed E-state index contributed by atoms with van der Waals surface area (Å²) in [7, 11) is 0. The van der Waals surface area contributed by atoms with E-state index in [-0.39, 0.29) is 6.61 Å². The third-order valence-electron chi connectivity index (χ3n) is 2.79. The zero-order valence-corrected chi connectivity index (χ0v) is 11.4. The predicted octanol–water partition coefficient (Wildman–Crippen LogP) is 0.252. The van der Waals surface area contributed by atoms with Gasteiger partial charge in [0.25, 0.3) is 0 Å². The maximum absolute atomic E-state index is 11.5. The highest BCUT2D eigenvalue weighted by atomic mass is 35.5. The molecule has 0 bridgehead atoms. The Kier molecular flexibility index (Phi) is 4.39. The number of halogens is 1. The summed E-state index contributed by atoms with van der Waals surface area (Å²) in [5.41, 5.74) is 5.38. The van der Waals surface area contributed by atoms with Crippen molar-refractivity contribution >= 4 is 29.3 Å². The van der Waals surface area contributed by atoms with E-state index in [4.69, 9.17) is 22.1 Å². The molecule has 1 saturated heterocycles. The molecule has 3 N–H and O–H groups in total. The fourth-order valence-electron chi connectivity index (χ4n) is 1.90. The number of carbonyl (C=O) groups excluding carboxylic acids is 1. The summed E-state index contributed by atoms with van der Waals surface area (Å²) in [6.45, 7) is 3.89. The molecule has 2 rings (SSSR count). The second-order valence-electron chi connectivity index (χ2n) is 4.08. The molecule has 1 aromatic heterocycles. The summed E-state index contributed by atoms with van der Waals surface area (Å²) in [6.07, 6.45) is 1.51. The third-order valence-corrected chi connectivity index (χ3v) is 3.06. The molecule has 2 heterocycles. The van der Waals surface area contributed by atoms with Crippen LogP contribution in [0.3, 0.4) is 0 Å². The van der Waals surface area contributed by atoms with E-state index < -0.39 is 11.9 Å². The number of carbonyl (C=O) groups is 1. The molecule has 0 aromatic carbocycles. The molecule has 1 aromatic rings. The van der Waals surface area contributed by atoms with Crippen molar-refractivity contribution in [2.45, 2.75) is 13.0 Å². The molecule has 8 heteroatoms. The van der Waals surface area contributed by atoms with E-state index in [0.717, 1.165) is 0 Å². The first kappa shape index (κ1) is 13.8. The lowest BCUT2D eigenvalue weighted by Gasteiger charge is -2.34. The van der Waals surface area contributed by atoms with Crippen LogP contribution in [0.4, 0.5) is 11.8 Å². The van der Waals surface area contributed by atoms with E-state index in [1.165, 1.54) is 6.20 Å². The minimum atomic E-state index is -0.560. The van der Waals surface area contributed by atoms with Gasteiger partial charge in [-0.25, -0.2) is 4.98 Å². The molecule has 1 unspecified atom stereocenters. The van der Waals surface area contributed by atoms with Crippen molar-refractivity contribution < 1.29 is 9.53 Å². The van der Waals surface area contributed by atoms with Gasteiger partial charge in [0.05, 0.1) is 19.4 Å². The summed E-state index contributed by atoms with van der Waals surface area (Å²) in [5, 5.41) is 3.39. The second kappa shape index (κ2) is 6.03. The number of hydrogen-bond acceptors (Lipinski definition) is 6. The Morgan fingerprint density at radius 3 is 3.21 bits per heavy atom. The topological polar surface area (TPSA) is 93.4 Å². The number of hydrogen-bond donors (Lipinski definition) is 2. The summed E-state index contributed by atoms with van der Waals surface area (Å²) >= 11 is 6.11. The molecule has 1 atom stereocenters. The number of anilines is 2. The Bertz CT molecular complexity index is 470. The Hall–Kier alpha value is -1.60. The zero-order chi connectivity index (χ0) is 13.8. The van der Waals surface area contributed by atoms with Crippen LogP contribution >= 0.6 is 11.6 Å². The van der Waals surface area contributed by atoms with E-state index in [1.807, 2.05) is 6.92 Å². The van der Waals surface area contributed by atoms with Crippen molar-refractivity contribution in [2.75, 3.05) is 36.5 Å². The summed E-state index contributed by atoms with van der Waals surface area (Å²) in [4.78, 5) is 21.6. The van der Waals surface area contributed by atoms with Gasteiger partial charge in [0, 0.05) is 13.1 Å². The van der Waals surface area contributed by atoms with Crippen molar-refractivity contribution in [3.63, 3.8) is 0 Å². The molecule has 19 heavy (non-hydrogen) atoms. The van der Waals surface area contributed by atoms with E-state index in [9.17, 15) is 4.79 Å². The number of morpholine rings is 1. The maximum atomic E-state index is 11.5. The lowest BCUT2D eigenvalue weighted by atomic mass is 10.2. The number of ether oxygens (including phenoxy) is 1. The van der Waals surface area contributed by atoms with Crippen molar-refractivity contribution in [3.8, 4) is 0 Å². The SMILES string of the molecule is CCNc1ncc(Cl)c(N2CCOCC2C(N)=O)n1. The van der Waals surface area contributed by atoms with Gasteiger partial charge in [0.1, 0.15) is 11.1 Å². The number of nitrogens with two attached hydrogens (primary N) is 1. The standard InChI is InChI=1S/C11H16ClN5O2/c1-2-14-11-15-5-7(12)10(16-11)17-3-4-19-6-8(17)9(13)18/h5,8H,2-4,6H2,1H3,(H2,13,18)(H,14,15,16). The van der Waals surface area contributed by atoms with E-state index in [1.54, 1.807) is 4.90 Å². The van der Waals surface area contributed by atoms with Gasteiger partial charge in [-0.15, -0.1) is 0 Å². The van der Waals surface area contributed by atoms with Crippen LogP contribution in [-0.4, -0.2) is 48.2 Å². The van der Waals surface area contributed by atoms with Gasteiger partial charge in [-0.1, -0.05) is 11.6 Å². The normalized spacial score (nSPS) is 19.3. The lowest BCUT2D eigenvalue weighted by molar-refractivity contribution is -0.121. The summed E-state index contributed by atoms with van der Waals surface area (Å²) in [6, 6.07) is -0.560. The average molecular weight is 286 g/mol. The molecular formula is C11H16ClN5O2. The fraction of sp³-hybridized carbons (Fsp3) is 0.545. The van der Waals surface area contributed by atoms with Gasteiger partial charge < -0.3 is 20.7 Å². The molecule has 1 amide bonds. The quantitative estimate of drug-likeness (QED) is 0.824. The number of rotatable bonds is 4. The molecule has 7 nitrogen and oxygen atoms in total. The van der Waals surface area contributed by atoms with E-state index >= 15 is 0 Å². The summed E-state index contributed by atoms with van der Waals surface area (Å²) < 4.78 is 5.27. The Balaban J connectivity index is 2.32. The van der Waals surface area contributed by atoms with Crippen LogP contribution in [0.5, 0.6) is 0 Å². The molecule has 1 aliphatic rings. The zero-order valence-electron chi connectivity index (χ0n) is 10.6. The molecule has 0 radical (unpaired) electrons. The average Bonchev–Trinajstić information content (AvgIpc) is 2.41. The molecule has 0 saturated carbocycles. The largest absolute Gasteiger partial charge is 0.377 e. The molecule has 104 valence electrons. The van der Waals surface area contributed by atoms with E-state index in [2.05, 4.69) is 15.3 Å². The number of nitrogens with zero attached hydrogens (tertiary/aromatic N) is 3. The number of aromatic nitrogens is 2. The maximum Gasteiger partial charge on any atom is 0.242 e. The first-order valence-corrected chi connectivity index (χ1v) is 6.41. The van der Waals surface area contributed by atoms with Crippen LogP contribution in [0.25, 0.3) is 0 Å². The second-order valence-corrected chi connectivity index (χ2v) is 4.49. The van der Waals surface area contributed by atoms with Gasteiger partial charge in [-0.3, -0.25) is 4.79 Å². The number of nitrogens with one attached hydrogen (secondary N) is 1. The van der Waals surface area contributed by atoms with Crippen LogP contribution in [0.2, 0.25) is 5.02 Å². The molecule has 0 aliphatic carbocycles. The van der Waals surface area contributed by atoms with Gasteiger partial charge in [-0.2, -0.15) is 4.98 Å². The van der Waals surface area contributed by atoms with E-state index in [0.29, 0.717) is 36.5 Å². The first-order chi connectivity index (χ1) is 9.13. The fourth-order valence-corrected chi connectivity index (χ4v) is 2.10. The number of primary amides is 1. The molecular weight excluding hydrogens is 270 g/mol. The van der Waals surface area contributed by atoms with Gasteiger partial charge in [-0.05, 0) is 6.92 Å². The third kappa shape index (κ3) is 3.05. The van der Waals surface area contributed by atoms with Crippen LogP contribution in [-0.2, 0) is 9.53 Å². The lowest BCUT2D eigenvalue weighted by Crippen LogP contribution is -2.53. The van der Waals surface area contributed by atoms with Crippen LogP contribution < -0.4 is 16.0 Å². The number of amides is 1. The van der Waals surface area contributed by atoms with Crippen LogP contribution in [0.1, 0.15) is 6.92 Å². The van der Waals surface area contributed by atoms with Crippen LogP contribution in [0.15, 0.2) is 6.20 Å². The highest BCUT2D eigenvalue weighted by molar-refractivity contribution is 6.32. The van der Waals surface area contributed by atoms with Crippen molar-refractivity contribution in [2.24, 2.45) is 5.73 Å². The predicted molar refractivity (Wildman–Crippen MR) is 72.4 cm³/mol. The first-order valence-electron chi connectivity index (χ1n) is 6.03. The Labute approximate surface area is 116 Å². The van der Waals surface area contributed by atoms with Crippen molar-refractivity contribution in [1.29, 1.82) is 0 Å². The van der Waals surface area contributed by atoms with Crippen LogP contribution in [0, 0.1) is 0 Å². The Morgan fingerprint density at radius 2 is 2.53 bits per heavy atom.